The van der Waals surface area contributed by atoms with E-state index in [0.717, 1.165) is 45.3 Å². The minimum atomic E-state index is 0.0719. The molecule has 1 heterocycles. The molecule has 1 aromatic rings. The zero-order valence-electron chi connectivity index (χ0n) is 17.1. The molecule has 5 nitrogen and oxygen atoms in total. The first-order valence-electron chi connectivity index (χ1n) is 10.3. The summed E-state index contributed by atoms with van der Waals surface area (Å²) in [6.45, 7) is 9.91. The van der Waals surface area contributed by atoms with Crippen LogP contribution in [0.25, 0.3) is 0 Å². The zero-order chi connectivity index (χ0) is 19.6. The lowest BCUT2D eigenvalue weighted by Crippen LogP contribution is -2.44. The molecule has 150 valence electrons. The summed E-state index contributed by atoms with van der Waals surface area (Å²) < 4.78 is 0. The van der Waals surface area contributed by atoms with Gasteiger partial charge in [-0.15, -0.1) is 0 Å². The second kappa shape index (κ2) is 11.1. The first-order valence-corrected chi connectivity index (χ1v) is 10.3. The summed E-state index contributed by atoms with van der Waals surface area (Å²) >= 11 is 0. The fourth-order valence-corrected chi connectivity index (χ4v) is 3.42. The van der Waals surface area contributed by atoms with Crippen LogP contribution in [0.3, 0.4) is 0 Å². The number of hydrogen-bond donors (Lipinski definition) is 2. The van der Waals surface area contributed by atoms with Crippen molar-refractivity contribution < 1.29 is 9.59 Å². The monoisotopic (exact) mass is 373 g/mol. The Morgan fingerprint density at radius 3 is 2.33 bits per heavy atom. The fraction of sp³-hybridized carbons (Fsp3) is 0.636. The van der Waals surface area contributed by atoms with Crippen molar-refractivity contribution in [3.05, 3.63) is 35.4 Å². The first-order chi connectivity index (χ1) is 13.0. The fourth-order valence-electron chi connectivity index (χ4n) is 3.42. The minimum absolute atomic E-state index is 0.0719. The molecule has 5 heteroatoms. The van der Waals surface area contributed by atoms with E-state index in [2.05, 4.69) is 60.6 Å². The number of rotatable bonds is 9. The highest BCUT2D eigenvalue weighted by Crippen LogP contribution is 2.17. The smallest absolute Gasteiger partial charge is 0.234 e. The molecular formula is C22H35N3O2. The predicted molar refractivity (Wildman–Crippen MR) is 110 cm³/mol. The van der Waals surface area contributed by atoms with Crippen LogP contribution in [-0.2, 0) is 16.0 Å². The van der Waals surface area contributed by atoms with E-state index < -0.39 is 0 Å². The molecule has 0 aromatic heterocycles. The van der Waals surface area contributed by atoms with E-state index in [0.29, 0.717) is 19.0 Å². The largest absolute Gasteiger partial charge is 0.356 e. The third kappa shape index (κ3) is 7.33. The Hall–Kier alpha value is -1.88. The molecular weight excluding hydrogens is 338 g/mol. The zero-order valence-corrected chi connectivity index (χ0v) is 17.1. The molecule has 0 unspecified atom stereocenters. The van der Waals surface area contributed by atoms with Crippen LogP contribution >= 0.6 is 0 Å². The Morgan fingerprint density at radius 1 is 1.07 bits per heavy atom. The van der Waals surface area contributed by atoms with Gasteiger partial charge < -0.3 is 10.6 Å². The number of amides is 2. The van der Waals surface area contributed by atoms with E-state index in [9.17, 15) is 9.59 Å². The van der Waals surface area contributed by atoms with Crippen molar-refractivity contribution in [2.75, 3.05) is 32.7 Å². The Morgan fingerprint density at radius 2 is 1.74 bits per heavy atom. The summed E-state index contributed by atoms with van der Waals surface area (Å²) in [6, 6.07) is 8.64. The molecule has 0 radical (unpaired) electrons. The predicted octanol–water partition coefficient (Wildman–Crippen LogP) is 2.71. The number of piperidine rings is 1. The van der Waals surface area contributed by atoms with Crippen LogP contribution in [0.5, 0.6) is 0 Å². The van der Waals surface area contributed by atoms with Crippen molar-refractivity contribution in [1.29, 1.82) is 0 Å². The molecule has 1 aromatic carbocycles. The molecule has 27 heavy (non-hydrogen) atoms. The Balaban J connectivity index is 1.63. The average Bonchev–Trinajstić information content (AvgIpc) is 2.67. The van der Waals surface area contributed by atoms with Crippen molar-refractivity contribution in [2.45, 2.75) is 52.4 Å². The minimum Gasteiger partial charge on any atom is -0.356 e. The summed E-state index contributed by atoms with van der Waals surface area (Å²) in [5, 5.41) is 5.99. The molecule has 0 spiro atoms. The molecule has 1 aliphatic rings. The van der Waals surface area contributed by atoms with Crippen LogP contribution in [0, 0.1) is 5.92 Å². The molecule has 2 N–H and O–H groups in total. The van der Waals surface area contributed by atoms with Gasteiger partial charge in [0, 0.05) is 19.0 Å². The first kappa shape index (κ1) is 21.4. The lowest BCUT2D eigenvalue weighted by molar-refractivity contribution is -0.126. The van der Waals surface area contributed by atoms with Gasteiger partial charge in [0.25, 0.3) is 0 Å². The highest BCUT2D eigenvalue weighted by molar-refractivity contribution is 5.79. The van der Waals surface area contributed by atoms with Crippen molar-refractivity contribution in [2.24, 2.45) is 5.92 Å². The van der Waals surface area contributed by atoms with Crippen molar-refractivity contribution in [3.8, 4) is 0 Å². The maximum Gasteiger partial charge on any atom is 0.234 e. The van der Waals surface area contributed by atoms with Gasteiger partial charge >= 0.3 is 0 Å². The number of benzene rings is 1. The Labute approximate surface area is 163 Å². The number of nitrogens with one attached hydrogen (secondary N) is 2. The van der Waals surface area contributed by atoms with Gasteiger partial charge in [0.1, 0.15) is 0 Å². The van der Waals surface area contributed by atoms with Crippen LogP contribution in [0.1, 0.15) is 57.1 Å². The standard InChI is InChI=1S/C22H35N3O2/c1-4-12-24-22(27)20-10-14-25(15-11-20)16-21(26)23-13-9-18-5-7-19(8-6-18)17(2)3/h5-8,17,20H,4,9-16H2,1-3H3,(H,23,26)(H,24,27). The van der Waals surface area contributed by atoms with E-state index in [4.69, 9.17) is 0 Å². The summed E-state index contributed by atoms with van der Waals surface area (Å²) in [5.74, 6) is 0.886. The quantitative estimate of drug-likeness (QED) is 0.700. The molecule has 1 saturated heterocycles. The number of carbonyl (C=O) groups excluding carboxylic acids is 2. The van der Waals surface area contributed by atoms with E-state index >= 15 is 0 Å². The van der Waals surface area contributed by atoms with Gasteiger partial charge in [0.05, 0.1) is 6.54 Å². The average molecular weight is 374 g/mol. The van der Waals surface area contributed by atoms with E-state index in [-0.39, 0.29) is 17.7 Å². The highest BCUT2D eigenvalue weighted by Gasteiger charge is 2.25. The summed E-state index contributed by atoms with van der Waals surface area (Å²) in [5.41, 5.74) is 2.59. The second-order valence-corrected chi connectivity index (χ2v) is 7.84. The van der Waals surface area contributed by atoms with Crippen LogP contribution in [0.4, 0.5) is 0 Å². The van der Waals surface area contributed by atoms with E-state index in [1.54, 1.807) is 0 Å². The van der Waals surface area contributed by atoms with Gasteiger partial charge in [-0.2, -0.15) is 0 Å². The Kier molecular flexibility index (Phi) is 8.79. The number of likely N-dealkylation sites (tertiary alicyclic amines) is 1. The van der Waals surface area contributed by atoms with E-state index in [1.807, 2.05) is 0 Å². The van der Waals surface area contributed by atoms with E-state index in [1.165, 1.54) is 11.1 Å². The van der Waals surface area contributed by atoms with Crippen molar-refractivity contribution >= 4 is 11.8 Å². The van der Waals surface area contributed by atoms with Crippen LogP contribution in [0.15, 0.2) is 24.3 Å². The van der Waals surface area contributed by atoms with Crippen LogP contribution < -0.4 is 10.6 Å². The third-order valence-corrected chi connectivity index (χ3v) is 5.26. The number of hydrogen-bond acceptors (Lipinski definition) is 3. The highest BCUT2D eigenvalue weighted by atomic mass is 16.2. The lowest BCUT2D eigenvalue weighted by Gasteiger charge is -2.30. The van der Waals surface area contributed by atoms with Gasteiger partial charge in [-0.25, -0.2) is 0 Å². The van der Waals surface area contributed by atoms with Gasteiger partial charge in [-0.05, 0) is 55.8 Å². The SMILES string of the molecule is CCCNC(=O)C1CCN(CC(=O)NCCc2ccc(C(C)C)cc2)CC1. The molecule has 0 aliphatic carbocycles. The van der Waals surface area contributed by atoms with Crippen LogP contribution in [-0.4, -0.2) is 49.4 Å². The van der Waals surface area contributed by atoms with Crippen molar-refractivity contribution in [3.63, 3.8) is 0 Å². The summed E-state index contributed by atoms with van der Waals surface area (Å²) in [4.78, 5) is 26.3. The lowest BCUT2D eigenvalue weighted by atomic mass is 9.96. The molecule has 0 bridgehead atoms. The van der Waals surface area contributed by atoms with Gasteiger partial charge in [0.2, 0.25) is 11.8 Å². The molecule has 2 amide bonds. The topological polar surface area (TPSA) is 61.4 Å². The van der Waals surface area contributed by atoms with Gasteiger partial charge in [-0.3, -0.25) is 14.5 Å². The molecule has 0 atom stereocenters. The Bertz CT molecular complexity index is 590. The molecule has 1 aliphatic heterocycles. The molecule has 0 saturated carbocycles. The second-order valence-electron chi connectivity index (χ2n) is 7.84. The van der Waals surface area contributed by atoms with Gasteiger partial charge in [0.15, 0.2) is 0 Å². The maximum absolute atomic E-state index is 12.2. The maximum atomic E-state index is 12.2. The van der Waals surface area contributed by atoms with Gasteiger partial charge in [-0.1, -0.05) is 45.0 Å². The summed E-state index contributed by atoms with van der Waals surface area (Å²) in [7, 11) is 0. The number of nitrogens with zero attached hydrogens (tertiary/aromatic N) is 1. The van der Waals surface area contributed by atoms with Crippen molar-refractivity contribution in [1.82, 2.24) is 15.5 Å². The number of carbonyl (C=O) groups is 2. The van der Waals surface area contributed by atoms with Crippen LogP contribution in [0.2, 0.25) is 0 Å². The molecule has 1 fully saturated rings. The normalized spacial score (nSPS) is 15.7. The third-order valence-electron chi connectivity index (χ3n) is 5.26. The summed E-state index contributed by atoms with van der Waals surface area (Å²) in [6.07, 6.45) is 3.49. The molecule has 2 rings (SSSR count).